The maximum Gasteiger partial charge on any atom is 0.236 e. The number of likely N-dealkylation sites (N-methyl/N-ethyl adjacent to an activating group) is 1. The third-order valence-electron chi connectivity index (χ3n) is 3.92. The molecule has 1 aliphatic rings. The molecule has 6 nitrogen and oxygen atoms in total. The van der Waals surface area contributed by atoms with Gasteiger partial charge >= 0.3 is 0 Å². The Morgan fingerprint density at radius 3 is 2.61 bits per heavy atom. The molecule has 1 N–H and O–H groups in total. The highest BCUT2D eigenvalue weighted by Crippen LogP contribution is 2.06. The van der Waals surface area contributed by atoms with Crippen LogP contribution >= 0.6 is 0 Å². The van der Waals surface area contributed by atoms with E-state index in [9.17, 15) is 9.59 Å². The van der Waals surface area contributed by atoms with Crippen molar-refractivity contribution >= 4 is 11.8 Å². The van der Waals surface area contributed by atoms with Gasteiger partial charge in [0, 0.05) is 19.6 Å². The molecular formula is C17H25N3O3. The van der Waals surface area contributed by atoms with Gasteiger partial charge < -0.3 is 15.0 Å². The van der Waals surface area contributed by atoms with Crippen LogP contribution in [0.15, 0.2) is 24.3 Å². The molecule has 0 bridgehead atoms. The third kappa shape index (κ3) is 5.65. The summed E-state index contributed by atoms with van der Waals surface area (Å²) in [6.07, 6.45) is 0. The lowest BCUT2D eigenvalue weighted by molar-refractivity contribution is -0.136. The quantitative estimate of drug-likeness (QED) is 0.825. The average molecular weight is 319 g/mol. The Balaban J connectivity index is 1.71. The highest BCUT2D eigenvalue weighted by Gasteiger charge is 2.19. The topological polar surface area (TPSA) is 61.9 Å². The Morgan fingerprint density at radius 2 is 1.91 bits per heavy atom. The maximum absolute atomic E-state index is 12.1. The van der Waals surface area contributed by atoms with Crippen LogP contribution in [-0.4, -0.2) is 68.1 Å². The molecule has 6 heteroatoms. The number of nitrogens with one attached hydrogen (secondary N) is 1. The van der Waals surface area contributed by atoms with E-state index in [1.54, 1.807) is 16.8 Å². The zero-order valence-corrected chi connectivity index (χ0v) is 13.9. The summed E-state index contributed by atoms with van der Waals surface area (Å²) >= 11 is 0. The number of rotatable bonds is 6. The summed E-state index contributed by atoms with van der Waals surface area (Å²) in [7, 11) is 1.78. The van der Waals surface area contributed by atoms with Crippen LogP contribution < -0.4 is 5.32 Å². The van der Waals surface area contributed by atoms with Crippen LogP contribution in [-0.2, 0) is 20.9 Å². The molecular weight excluding hydrogens is 294 g/mol. The number of ether oxygens (including phenoxy) is 1. The molecule has 0 spiro atoms. The number of hydrogen-bond acceptors (Lipinski definition) is 4. The van der Waals surface area contributed by atoms with Gasteiger partial charge in [0.2, 0.25) is 11.8 Å². The second-order valence-corrected chi connectivity index (χ2v) is 5.87. The summed E-state index contributed by atoms with van der Waals surface area (Å²) in [6, 6.07) is 7.96. The molecule has 1 aromatic rings. The van der Waals surface area contributed by atoms with Crippen molar-refractivity contribution in [3.05, 3.63) is 35.4 Å². The van der Waals surface area contributed by atoms with Gasteiger partial charge in [-0.2, -0.15) is 0 Å². The van der Waals surface area contributed by atoms with Crippen molar-refractivity contribution in [2.24, 2.45) is 0 Å². The van der Waals surface area contributed by atoms with E-state index in [1.165, 1.54) is 0 Å². The van der Waals surface area contributed by atoms with Gasteiger partial charge in [0.15, 0.2) is 0 Å². The standard InChI is InChI=1S/C17H25N3O3/c1-14-5-3-4-6-15(14)11-18-16(21)12-19(2)13-17(22)20-7-9-23-10-8-20/h3-6H,7-13H2,1-2H3,(H,18,21). The molecule has 0 aliphatic carbocycles. The average Bonchev–Trinajstić information content (AvgIpc) is 2.54. The molecule has 0 unspecified atom stereocenters. The molecule has 0 atom stereocenters. The number of benzene rings is 1. The van der Waals surface area contributed by atoms with Gasteiger partial charge in [0.25, 0.3) is 0 Å². The van der Waals surface area contributed by atoms with Crippen LogP contribution in [0.25, 0.3) is 0 Å². The van der Waals surface area contributed by atoms with E-state index >= 15 is 0 Å². The summed E-state index contributed by atoms with van der Waals surface area (Å²) < 4.78 is 5.23. The van der Waals surface area contributed by atoms with Crippen molar-refractivity contribution in [1.29, 1.82) is 0 Å². The van der Waals surface area contributed by atoms with E-state index in [4.69, 9.17) is 4.74 Å². The molecule has 23 heavy (non-hydrogen) atoms. The first-order valence-electron chi connectivity index (χ1n) is 7.91. The number of aryl methyl sites for hydroxylation is 1. The minimum absolute atomic E-state index is 0.0440. The van der Waals surface area contributed by atoms with E-state index in [0.717, 1.165) is 11.1 Å². The SMILES string of the molecule is Cc1ccccc1CNC(=O)CN(C)CC(=O)N1CCOCC1. The van der Waals surface area contributed by atoms with Crippen molar-refractivity contribution in [3.8, 4) is 0 Å². The molecule has 1 heterocycles. The highest BCUT2D eigenvalue weighted by atomic mass is 16.5. The lowest BCUT2D eigenvalue weighted by Crippen LogP contribution is -2.46. The van der Waals surface area contributed by atoms with Crippen LogP contribution in [0.3, 0.4) is 0 Å². The predicted octanol–water partition coefficient (Wildman–Crippen LogP) is 0.402. The smallest absolute Gasteiger partial charge is 0.236 e. The van der Waals surface area contributed by atoms with E-state index in [0.29, 0.717) is 32.8 Å². The van der Waals surface area contributed by atoms with E-state index in [2.05, 4.69) is 5.32 Å². The van der Waals surface area contributed by atoms with Gasteiger partial charge in [-0.1, -0.05) is 24.3 Å². The summed E-state index contributed by atoms with van der Waals surface area (Å²) in [5, 5.41) is 2.90. The van der Waals surface area contributed by atoms with Crippen LogP contribution in [0.5, 0.6) is 0 Å². The Morgan fingerprint density at radius 1 is 1.22 bits per heavy atom. The summed E-state index contributed by atoms with van der Waals surface area (Å²) in [4.78, 5) is 27.6. The number of carbonyl (C=O) groups is 2. The molecule has 0 aromatic heterocycles. The van der Waals surface area contributed by atoms with Gasteiger partial charge in [0.1, 0.15) is 0 Å². The Labute approximate surface area is 137 Å². The minimum Gasteiger partial charge on any atom is -0.378 e. The first-order chi connectivity index (χ1) is 11.1. The van der Waals surface area contributed by atoms with E-state index in [1.807, 2.05) is 31.2 Å². The fraction of sp³-hybridized carbons (Fsp3) is 0.529. The minimum atomic E-state index is -0.0782. The highest BCUT2D eigenvalue weighted by molar-refractivity contribution is 5.81. The largest absolute Gasteiger partial charge is 0.378 e. The van der Waals surface area contributed by atoms with Crippen molar-refractivity contribution < 1.29 is 14.3 Å². The summed E-state index contributed by atoms with van der Waals surface area (Å²) in [5.74, 6) is -0.0342. The van der Waals surface area contributed by atoms with Crippen molar-refractivity contribution in [2.45, 2.75) is 13.5 Å². The first kappa shape index (κ1) is 17.4. The lowest BCUT2D eigenvalue weighted by atomic mass is 10.1. The van der Waals surface area contributed by atoms with E-state index in [-0.39, 0.29) is 24.9 Å². The normalized spacial score (nSPS) is 14.8. The second kappa shape index (κ2) is 8.64. The summed E-state index contributed by atoms with van der Waals surface area (Å²) in [6.45, 7) is 5.43. The van der Waals surface area contributed by atoms with Crippen LogP contribution in [0.4, 0.5) is 0 Å². The number of nitrogens with zero attached hydrogens (tertiary/aromatic N) is 2. The third-order valence-corrected chi connectivity index (χ3v) is 3.92. The maximum atomic E-state index is 12.1. The molecule has 2 rings (SSSR count). The zero-order valence-electron chi connectivity index (χ0n) is 13.9. The van der Waals surface area contributed by atoms with Gasteiger partial charge in [-0.05, 0) is 25.1 Å². The molecule has 1 aliphatic heterocycles. The fourth-order valence-corrected chi connectivity index (χ4v) is 2.50. The molecule has 1 fully saturated rings. The number of amides is 2. The Kier molecular flexibility index (Phi) is 6.55. The van der Waals surface area contributed by atoms with Crippen molar-refractivity contribution in [2.75, 3.05) is 46.4 Å². The van der Waals surface area contributed by atoms with Gasteiger partial charge in [-0.3, -0.25) is 14.5 Å². The summed E-state index contributed by atoms with van der Waals surface area (Å²) in [5.41, 5.74) is 2.26. The zero-order chi connectivity index (χ0) is 16.7. The molecule has 0 radical (unpaired) electrons. The fourth-order valence-electron chi connectivity index (χ4n) is 2.50. The lowest BCUT2D eigenvalue weighted by Gasteiger charge is -2.28. The number of carbonyl (C=O) groups excluding carboxylic acids is 2. The molecule has 1 aromatic carbocycles. The van der Waals surface area contributed by atoms with Crippen molar-refractivity contribution in [1.82, 2.24) is 15.1 Å². The Bertz CT molecular complexity index is 542. The van der Waals surface area contributed by atoms with Gasteiger partial charge in [-0.15, -0.1) is 0 Å². The Hall–Kier alpha value is -1.92. The van der Waals surface area contributed by atoms with Gasteiger partial charge in [-0.25, -0.2) is 0 Å². The molecule has 0 saturated carbocycles. The molecule has 126 valence electrons. The molecule has 1 saturated heterocycles. The monoisotopic (exact) mass is 319 g/mol. The van der Waals surface area contributed by atoms with E-state index < -0.39 is 0 Å². The number of hydrogen-bond donors (Lipinski definition) is 1. The van der Waals surface area contributed by atoms with Crippen LogP contribution in [0.2, 0.25) is 0 Å². The second-order valence-electron chi connectivity index (χ2n) is 5.87. The van der Waals surface area contributed by atoms with Crippen molar-refractivity contribution in [3.63, 3.8) is 0 Å². The van der Waals surface area contributed by atoms with Crippen LogP contribution in [0.1, 0.15) is 11.1 Å². The van der Waals surface area contributed by atoms with Crippen LogP contribution in [0, 0.1) is 6.92 Å². The predicted molar refractivity (Wildman–Crippen MR) is 87.9 cm³/mol. The molecule has 2 amide bonds. The van der Waals surface area contributed by atoms with Gasteiger partial charge in [0.05, 0.1) is 26.3 Å². The first-order valence-corrected chi connectivity index (χ1v) is 7.91. The number of morpholine rings is 1.